The summed E-state index contributed by atoms with van der Waals surface area (Å²) in [4.78, 5) is 17.1. The summed E-state index contributed by atoms with van der Waals surface area (Å²) in [6.07, 6.45) is 2.26. The second kappa shape index (κ2) is 9.49. The van der Waals surface area contributed by atoms with Crippen LogP contribution in [0.2, 0.25) is 0 Å². The second-order valence-corrected chi connectivity index (χ2v) is 7.66. The highest BCUT2D eigenvalue weighted by Gasteiger charge is 2.15. The molecule has 2 heterocycles. The van der Waals surface area contributed by atoms with Crippen molar-refractivity contribution in [2.24, 2.45) is 0 Å². The molecule has 2 aromatic carbocycles. The summed E-state index contributed by atoms with van der Waals surface area (Å²) in [5.41, 5.74) is 5.04. The van der Waals surface area contributed by atoms with Crippen LogP contribution in [0.4, 0.5) is 10.1 Å². The fourth-order valence-corrected chi connectivity index (χ4v) is 3.68. The number of aromatic nitrogens is 3. The van der Waals surface area contributed by atoms with E-state index < -0.39 is 0 Å². The molecule has 1 amide bonds. The summed E-state index contributed by atoms with van der Waals surface area (Å²) in [5.74, 6) is -0.0403. The lowest BCUT2D eigenvalue weighted by atomic mass is 10.1. The minimum absolute atomic E-state index is 0.129. The van der Waals surface area contributed by atoms with Crippen molar-refractivity contribution in [2.45, 2.75) is 33.3 Å². The lowest BCUT2D eigenvalue weighted by molar-refractivity contribution is -0.116. The van der Waals surface area contributed by atoms with Gasteiger partial charge >= 0.3 is 0 Å². The summed E-state index contributed by atoms with van der Waals surface area (Å²) in [5, 5.41) is 16.3. The zero-order chi connectivity index (χ0) is 23.4. The number of hydrogen-bond acceptors (Lipinski definition) is 5. The number of benzene rings is 2. The molecule has 4 aromatic rings. The molecule has 8 heteroatoms. The minimum atomic E-state index is -0.355. The smallest absolute Gasteiger partial charge is 0.224 e. The molecule has 0 spiro atoms. The number of halogens is 1. The molecule has 0 saturated heterocycles. The van der Waals surface area contributed by atoms with Gasteiger partial charge in [-0.3, -0.25) is 4.79 Å². The molecule has 0 aliphatic rings. The number of nitrogens with zero attached hydrogens (tertiary/aromatic N) is 4. The Morgan fingerprint density at radius 3 is 2.82 bits per heavy atom. The first kappa shape index (κ1) is 22.0. The topological polar surface area (TPSA) is 92.3 Å². The van der Waals surface area contributed by atoms with Gasteiger partial charge in [-0.15, -0.1) is 0 Å². The minimum Gasteiger partial charge on any atom is -0.489 e. The third-order valence-corrected chi connectivity index (χ3v) is 5.34. The van der Waals surface area contributed by atoms with E-state index in [0.29, 0.717) is 29.1 Å². The molecule has 4 rings (SSSR count). The van der Waals surface area contributed by atoms with Crippen molar-refractivity contribution in [3.05, 3.63) is 88.6 Å². The molecule has 0 fully saturated rings. The van der Waals surface area contributed by atoms with E-state index in [0.717, 1.165) is 22.5 Å². The standard InChI is InChI=1S/C25H22FN5O2/c1-16-23(17(2)31-25(29-16)19(13-27)14-28-31)9-10-24(32)30-21-7-3-5-18(11-21)15-33-22-8-4-6-20(26)12-22/h3-8,11-12,14H,9-10,15H2,1-2H3,(H,30,32). The highest BCUT2D eigenvalue weighted by Crippen LogP contribution is 2.20. The largest absolute Gasteiger partial charge is 0.489 e. The maximum absolute atomic E-state index is 13.3. The molecule has 1 N–H and O–H groups in total. The first-order valence-electron chi connectivity index (χ1n) is 10.5. The summed E-state index contributed by atoms with van der Waals surface area (Å²) >= 11 is 0. The number of hydrogen-bond donors (Lipinski definition) is 1. The van der Waals surface area contributed by atoms with Crippen molar-refractivity contribution in [3.8, 4) is 11.8 Å². The van der Waals surface area contributed by atoms with Gasteiger partial charge in [-0.2, -0.15) is 10.4 Å². The highest BCUT2D eigenvalue weighted by atomic mass is 19.1. The van der Waals surface area contributed by atoms with Crippen molar-refractivity contribution in [1.82, 2.24) is 14.6 Å². The molecule has 0 bridgehead atoms. The lowest BCUT2D eigenvalue weighted by Gasteiger charge is -2.12. The molecule has 0 unspecified atom stereocenters. The Morgan fingerprint density at radius 2 is 2.03 bits per heavy atom. The molecule has 0 atom stereocenters. The molecule has 0 saturated carbocycles. The lowest BCUT2D eigenvalue weighted by Crippen LogP contribution is -2.14. The van der Waals surface area contributed by atoms with Gasteiger partial charge in [0.1, 0.15) is 29.8 Å². The van der Waals surface area contributed by atoms with Crippen LogP contribution in [0, 0.1) is 31.0 Å². The normalized spacial score (nSPS) is 10.7. The van der Waals surface area contributed by atoms with Crippen LogP contribution in [0.3, 0.4) is 0 Å². The van der Waals surface area contributed by atoms with Gasteiger partial charge < -0.3 is 10.1 Å². The Morgan fingerprint density at radius 1 is 1.21 bits per heavy atom. The van der Waals surface area contributed by atoms with Crippen molar-refractivity contribution in [3.63, 3.8) is 0 Å². The molecular formula is C25H22FN5O2. The number of fused-ring (bicyclic) bond motifs is 1. The van der Waals surface area contributed by atoms with Crippen LogP contribution in [0.15, 0.2) is 54.7 Å². The quantitative estimate of drug-likeness (QED) is 0.454. The number of amides is 1. The number of carbonyl (C=O) groups excluding carboxylic acids is 1. The number of ether oxygens (including phenoxy) is 1. The average molecular weight is 443 g/mol. The maximum Gasteiger partial charge on any atom is 0.224 e. The molecule has 166 valence electrons. The van der Waals surface area contributed by atoms with Gasteiger partial charge in [0.2, 0.25) is 5.91 Å². The number of nitriles is 1. The summed E-state index contributed by atoms with van der Waals surface area (Å²) in [6, 6.07) is 15.4. The fraction of sp³-hybridized carbons (Fsp3) is 0.200. The van der Waals surface area contributed by atoms with E-state index in [1.807, 2.05) is 32.0 Å². The van der Waals surface area contributed by atoms with Crippen molar-refractivity contribution in [2.75, 3.05) is 5.32 Å². The van der Waals surface area contributed by atoms with Gasteiger partial charge in [-0.05, 0) is 55.7 Å². The number of aryl methyl sites for hydroxylation is 2. The number of nitrogens with one attached hydrogen (secondary N) is 1. The van der Waals surface area contributed by atoms with E-state index in [-0.39, 0.29) is 24.8 Å². The van der Waals surface area contributed by atoms with Crippen LogP contribution < -0.4 is 10.1 Å². The number of anilines is 1. The predicted octanol–water partition coefficient (Wildman–Crippen LogP) is 4.51. The Kier molecular flexibility index (Phi) is 6.31. The zero-order valence-electron chi connectivity index (χ0n) is 18.3. The van der Waals surface area contributed by atoms with Crippen LogP contribution in [0.5, 0.6) is 5.75 Å². The second-order valence-electron chi connectivity index (χ2n) is 7.66. The Balaban J connectivity index is 1.38. The highest BCUT2D eigenvalue weighted by molar-refractivity contribution is 5.90. The molecule has 7 nitrogen and oxygen atoms in total. The van der Waals surface area contributed by atoms with Gasteiger partial charge in [-0.1, -0.05) is 18.2 Å². The van der Waals surface area contributed by atoms with E-state index >= 15 is 0 Å². The van der Waals surface area contributed by atoms with E-state index in [9.17, 15) is 14.4 Å². The molecule has 0 aliphatic carbocycles. The van der Waals surface area contributed by atoms with Gasteiger partial charge in [0.25, 0.3) is 0 Å². The molecule has 0 aliphatic heterocycles. The zero-order valence-corrected chi connectivity index (χ0v) is 18.3. The maximum atomic E-state index is 13.3. The van der Waals surface area contributed by atoms with Crippen LogP contribution in [0.25, 0.3) is 5.65 Å². The Labute approximate surface area is 190 Å². The van der Waals surface area contributed by atoms with Crippen molar-refractivity contribution < 1.29 is 13.9 Å². The van der Waals surface area contributed by atoms with Gasteiger partial charge in [0, 0.05) is 29.6 Å². The molecule has 33 heavy (non-hydrogen) atoms. The fourth-order valence-electron chi connectivity index (χ4n) is 3.68. The van der Waals surface area contributed by atoms with Gasteiger partial charge in [-0.25, -0.2) is 13.9 Å². The Hall–Kier alpha value is -4.25. The van der Waals surface area contributed by atoms with Crippen molar-refractivity contribution >= 4 is 17.2 Å². The van der Waals surface area contributed by atoms with Gasteiger partial charge in [0.05, 0.1) is 6.20 Å². The third-order valence-electron chi connectivity index (χ3n) is 5.34. The van der Waals surface area contributed by atoms with Crippen LogP contribution in [0.1, 0.15) is 34.5 Å². The van der Waals surface area contributed by atoms with E-state index in [1.54, 1.807) is 22.7 Å². The van der Waals surface area contributed by atoms with E-state index in [2.05, 4.69) is 21.5 Å². The monoisotopic (exact) mass is 443 g/mol. The molecular weight excluding hydrogens is 421 g/mol. The average Bonchev–Trinajstić information content (AvgIpc) is 3.21. The SMILES string of the molecule is Cc1nc2c(C#N)cnn2c(C)c1CCC(=O)Nc1cccc(COc2cccc(F)c2)c1. The predicted molar refractivity (Wildman–Crippen MR) is 121 cm³/mol. The molecule has 2 aromatic heterocycles. The Bertz CT molecular complexity index is 1370. The molecule has 0 radical (unpaired) electrons. The van der Waals surface area contributed by atoms with E-state index in [1.165, 1.54) is 18.3 Å². The third kappa shape index (κ3) is 4.99. The van der Waals surface area contributed by atoms with E-state index in [4.69, 9.17) is 4.74 Å². The van der Waals surface area contributed by atoms with Crippen LogP contribution in [-0.2, 0) is 17.8 Å². The van der Waals surface area contributed by atoms with Crippen LogP contribution in [-0.4, -0.2) is 20.5 Å². The number of carbonyl (C=O) groups is 1. The summed E-state index contributed by atoms with van der Waals surface area (Å²) in [7, 11) is 0. The first-order valence-corrected chi connectivity index (χ1v) is 10.5. The first-order chi connectivity index (χ1) is 15.9. The van der Waals surface area contributed by atoms with Gasteiger partial charge in [0.15, 0.2) is 5.65 Å². The summed E-state index contributed by atoms with van der Waals surface area (Å²) < 4.78 is 20.6. The van der Waals surface area contributed by atoms with Crippen LogP contribution >= 0.6 is 0 Å². The van der Waals surface area contributed by atoms with Crippen molar-refractivity contribution in [1.29, 1.82) is 5.26 Å². The summed E-state index contributed by atoms with van der Waals surface area (Å²) in [6.45, 7) is 4.04. The number of rotatable bonds is 7.